The van der Waals surface area contributed by atoms with Gasteiger partial charge in [0.2, 0.25) is 0 Å². The predicted octanol–water partition coefficient (Wildman–Crippen LogP) is 2.16. The van der Waals surface area contributed by atoms with Crippen LogP contribution in [-0.4, -0.2) is 18.0 Å². The van der Waals surface area contributed by atoms with E-state index < -0.39 is 0 Å². The molecular formula is C10H9ClO2. The van der Waals surface area contributed by atoms with Crippen molar-refractivity contribution >= 4 is 24.0 Å². The van der Waals surface area contributed by atoms with Crippen LogP contribution in [0.1, 0.15) is 15.9 Å². The molecule has 3 heteroatoms. The molecule has 0 aromatic heterocycles. The molecule has 0 aliphatic rings. The lowest BCUT2D eigenvalue weighted by atomic mass is 10.1. The summed E-state index contributed by atoms with van der Waals surface area (Å²) in [5.74, 6) is 0. The molecule has 1 N–H and O–H groups in total. The van der Waals surface area contributed by atoms with E-state index in [2.05, 4.69) is 0 Å². The molecule has 0 heterocycles. The van der Waals surface area contributed by atoms with Gasteiger partial charge in [-0.1, -0.05) is 23.8 Å². The summed E-state index contributed by atoms with van der Waals surface area (Å²) in [5, 5.41) is 9.05. The van der Waals surface area contributed by atoms with Gasteiger partial charge in [-0.25, -0.2) is 0 Å². The number of hydrogen-bond acceptors (Lipinski definition) is 2. The Morgan fingerprint density at radius 2 is 2.00 bits per heavy atom. The second-order valence-electron chi connectivity index (χ2n) is 2.52. The van der Waals surface area contributed by atoms with Crippen LogP contribution < -0.4 is 0 Å². The average Bonchev–Trinajstić information content (AvgIpc) is 2.14. The lowest BCUT2D eigenvalue weighted by molar-refractivity contribution is 0.112. The van der Waals surface area contributed by atoms with E-state index in [-0.39, 0.29) is 6.61 Å². The second kappa shape index (κ2) is 4.80. The van der Waals surface area contributed by atoms with Crippen LogP contribution in [0.15, 0.2) is 24.3 Å². The molecule has 0 aliphatic carbocycles. The minimum Gasteiger partial charge on any atom is -0.392 e. The Bertz CT molecular complexity index is 332. The molecular weight excluding hydrogens is 188 g/mol. The number of aliphatic hydroxyl groups is 1. The van der Waals surface area contributed by atoms with Gasteiger partial charge in [-0.15, -0.1) is 0 Å². The normalized spacial score (nSPS) is 10.6. The quantitative estimate of drug-likeness (QED) is 0.753. The van der Waals surface area contributed by atoms with E-state index in [1.165, 1.54) is 0 Å². The molecule has 0 unspecified atom stereocenters. The Kier molecular flexibility index (Phi) is 3.68. The summed E-state index contributed by atoms with van der Waals surface area (Å²) in [6, 6.07) is 5.01. The Labute approximate surface area is 81.5 Å². The highest BCUT2D eigenvalue weighted by Crippen LogP contribution is 2.15. The fourth-order valence-electron chi connectivity index (χ4n) is 0.989. The van der Waals surface area contributed by atoms with Gasteiger partial charge < -0.3 is 5.11 Å². The molecule has 0 saturated carbocycles. The van der Waals surface area contributed by atoms with E-state index in [1.54, 1.807) is 30.4 Å². The SMILES string of the molecule is O=Cc1cc(Cl)cc(C=CCO)c1. The molecule has 1 aromatic carbocycles. The summed E-state index contributed by atoms with van der Waals surface area (Å²) in [4.78, 5) is 10.5. The standard InChI is InChI=1S/C10H9ClO2/c11-10-5-8(2-1-3-12)4-9(6-10)7-13/h1-2,4-7,12H,3H2. The van der Waals surface area contributed by atoms with Crippen molar-refractivity contribution in [3.8, 4) is 0 Å². The van der Waals surface area contributed by atoms with E-state index in [0.29, 0.717) is 10.6 Å². The lowest BCUT2D eigenvalue weighted by Gasteiger charge is -1.96. The summed E-state index contributed by atoms with van der Waals surface area (Å²) >= 11 is 5.75. The van der Waals surface area contributed by atoms with Gasteiger partial charge in [0.05, 0.1) is 6.61 Å². The molecule has 2 nitrogen and oxygen atoms in total. The minimum absolute atomic E-state index is 0.0249. The zero-order chi connectivity index (χ0) is 9.68. The molecule has 0 amide bonds. The second-order valence-corrected chi connectivity index (χ2v) is 2.96. The molecule has 0 saturated heterocycles. The van der Waals surface area contributed by atoms with Crippen LogP contribution >= 0.6 is 11.6 Å². The van der Waals surface area contributed by atoms with Crippen LogP contribution in [0.25, 0.3) is 6.08 Å². The molecule has 0 spiro atoms. The minimum atomic E-state index is -0.0249. The van der Waals surface area contributed by atoms with Crippen molar-refractivity contribution in [1.82, 2.24) is 0 Å². The van der Waals surface area contributed by atoms with Crippen molar-refractivity contribution in [2.24, 2.45) is 0 Å². The number of hydrogen-bond donors (Lipinski definition) is 1. The third-order valence-corrected chi connectivity index (χ3v) is 1.71. The van der Waals surface area contributed by atoms with Crippen molar-refractivity contribution in [3.63, 3.8) is 0 Å². The van der Waals surface area contributed by atoms with Crippen molar-refractivity contribution < 1.29 is 9.90 Å². The highest BCUT2D eigenvalue weighted by atomic mass is 35.5. The maximum Gasteiger partial charge on any atom is 0.150 e. The van der Waals surface area contributed by atoms with Crippen LogP contribution in [0.5, 0.6) is 0 Å². The van der Waals surface area contributed by atoms with Crippen LogP contribution in [0, 0.1) is 0 Å². The molecule has 0 atom stereocenters. The largest absolute Gasteiger partial charge is 0.392 e. The molecule has 0 bridgehead atoms. The molecule has 0 radical (unpaired) electrons. The van der Waals surface area contributed by atoms with Crippen LogP contribution in [-0.2, 0) is 0 Å². The van der Waals surface area contributed by atoms with Crippen molar-refractivity contribution in [1.29, 1.82) is 0 Å². The van der Waals surface area contributed by atoms with Gasteiger partial charge in [0.15, 0.2) is 0 Å². The smallest absolute Gasteiger partial charge is 0.150 e. The van der Waals surface area contributed by atoms with E-state index >= 15 is 0 Å². The van der Waals surface area contributed by atoms with Gasteiger partial charge in [-0.3, -0.25) is 4.79 Å². The monoisotopic (exact) mass is 196 g/mol. The van der Waals surface area contributed by atoms with Crippen molar-refractivity contribution in [2.45, 2.75) is 0 Å². The number of carbonyl (C=O) groups excluding carboxylic acids is 1. The first-order valence-corrected chi connectivity index (χ1v) is 4.17. The van der Waals surface area contributed by atoms with Gasteiger partial charge in [-0.2, -0.15) is 0 Å². The summed E-state index contributed by atoms with van der Waals surface area (Å²) < 4.78 is 0. The van der Waals surface area contributed by atoms with E-state index in [9.17, 15) is 4.79 Å². The fourth-order valence-corrected chi connectivity index (χ4v) is 1.24. The van der Waals surface area contributed by atoms with Gasteiger partial charge >= 0.3 is 0 Å². The van der Waals surface area contributed by atoms with Gasteiger partial charge in [0.25, 0.3) is 0 Å². The summed E-state index contributed by atoms with van der Waals surface area (Å²) in [7, 11) is 0. The highest BCUT2D eigenvalue weighted by molar-refractivity contribution is 6.31. The number of halogens is 1. The zero-order valence-electron chi connectivity index (χ0n) is 6.90. The average molecular weight is 197 g/mol. The van der Waals surface area contributed by atoms with E-state index in [0.717, 1.165) is 11.8 Å². The lowest BCUT2D eigenvalue weighted by Crippen LogP contribution is -1.82. The number of carbonyl (C=O) groups is 1. The van der Waals surface area contributed by atoms with E-state index in [1.807, 2.05) is 0 Å². The van der Waals surface area contributed by atoms with Gasteiger partial charge in [0, 0.05) is 10.6 Å². The molecule has 0 aliphatic heterocycles. The molecule has 1 rings (SSSR count). The fraction of sp³-hybridized carbons (Fsp3) is 0.100. The molecule has 68 valence electrons. The predicted molar refractivity (Wildman–Crippen MR) is 53.0 cm³/mol. The maximum atomic E-state index is 10.5. The number of aliphatic hydroxyl groups excluding tert-OH is 1. The summed E-state index contributed by atoms with van der Waals surface area (Å²) in [6.45, 7) is -0.0249. The third kappa shape index (κ3) is 3.01. The summed E-state index contributed by atoms with van der Waals surface area (Å²) in [5.41, 5.74) is 1.34. The van der Waals surface area contributed by atoms with Crippen LogP contribution in [0.4, 0.5) is 0 Å². The Morgan fingerprint density at radius 3 is 2.62 bits per heavy atom. The topological polar surface area (TPSA) is 37.3 Å². The van der Waals surface area contributed by atoms with Crippen LogP contribution in [0.3, 0.4) is 0 Å². The van der Waals surface area contributed by atoms with Gasteiger partial charge in [-0.05, 0) is 23.8 Å². The first-order valence-electron chi connectivity index (χ1n) is 3.79. The Hall–Kier alpha value is -1.12. The van der Waals surface area contributed by atoms with Crippen molar-refractivity contribution in [3.05, 3.63) is 40.4 Å². The van der Waals surface area contributed by atoms with Crippen molar-refractivity contribution in [2.75, 3.05) is 6.61 Å². The number of rotatable bonds is 3. The third-order valence-electron chi connectivity index (χ3n) is 1.49. The first kappa shape index (κ1) is 9.96. The van der Waals surface area contributed by atoms with Gasteiger partial charge in [0.1, 0.15) is 6.29 Å². The maximum absolute atomic E-state index is 10.5. The zero-order valence-corrected chi connectivity index (χ0v) is 7.66. The summed E-state index contributed by atoms with van der Waals surface area (Å²) in [6.07, 6.45) is 4.03. The molecule has 13 heavy (non-hydrogen) atoms. The molecule has 1 aromatic rings. The number of aldehydes is 1. The molecule has 0 fully saturated rings. The number of benzene rings is 1. The van der Waals surface area contributed by atoms with Crippen LogP contribution in [0.2, 0.25) is 5.02 Å². The first-order chi connectivity index (χ1) is 6.26. The Balaban J connectivity index is 3.01. The van der Waals surface area contributed by atoms with E-state index in [4.69, 9.17) is 16.7 Å². The Morgan fingerprint density at radius 1 is 1.31 bits per heavy atom. The highest BCUT2D eigenvalue weighted by Gasteiger charge is 1.95.